The van der Waals surface area contributed by atoms with Gasteiger partial charge in [0, 0.05) is 16.7 Å². The van der Waals surface area contributed by atoms with Gasteiger partial charge in [-0.1, -0.05) is 5.11 Å². The molecule has 0 aliphatic heterocycles. The fraction of sp³-hybridized carbons (Fsp3) is 0.111. The molecule has 2 rings (SSSR count). The Labute approximate surface area is 90.9 Å². The van der Waals surface area contributed by atoms with E-state index in [1.807, 2.05) is 0 Å². The third kappa shape index (κ3) is 1.94. The number of rotatable bonds is 3. The van der Waals surface area contributed by atoms with Crippen molar-refractivity contribution in [1.29, 1.82) is 0 Å². The summed E-state index contributed by atoms with van der Waals surface area (Å²) >= 11 is 0. The maximum absolute atomic E-state index is 8.39. The lowest BCUT2D eigenvalue weighted by molar-refractivity contribution is 0.414. The number of nitrogens with zero attached hydrogens (tertiary/aromatic N) is 6. The van der Waals surface area contributed by atoms with E-state index in [1.54, 1.807) is 36.3 Å². The first-order chi connectivity index (χ1) is 7.83. The Morgan fingerprint density at radius 2 is 2.31 bits per heavy atom. The van der Waals surface area contributed by atoms with Gasteiger partial charge in [-0.25, -0.2) is 9.67 Å². The molecule has 16 heavy (non-hydrogen) atoms. The smallest absolute Gasteiger partial charge is 0.138 e. The first-order valence-corrected chi connectivity index (χ1v) is 4.42. The van der Waals surface area contributed by atoms with Gasteiger partial charge in [0.2, 0.25) is 0 Å². The predicted molar refractivity (Wildman–Crippen MR) is 56.7 cm³/mol. The summed E-state index contributed by atoms with van der Waals surface area (Å²) in [5, 5.41) is 7.50. The molecule has 2 aromatic rings. The first-order valence-electron chi connectivity index (χ1n) is 4.42. The zero-order chi connectivity index (χ0) is 11.4. The van der Waals surface area contributed by atoms with Crippen molar-refractivity contribution < 1.29 is 4.74 Å². The van der Waals surface area contributed by atoms with Crippen LogP contribution < -0.4 is 4.74 Å². The van der Waals surface area contributed by atoms with Crippen LogP contribution in [0.5, 0.6) is 5.75 Å². The summed E-state index contributed by atoms with van der Waals surface area (Å²) in [6, 6.07) is 5.10. The zero-order valence-electron chi connectivity index (χ0n) is 8.48. The summed E-state index contributed by atoms with van der Waals surface area (Å²) in [7, 11) is 1.54. The molecule has 0 aliphatic carbocycles. The Morgan fingerprint density at radius 1 is 1.44 bits per heavy atom. The number of azide groups is 1. The molecule has 1 aromatic heterocycles. The maximum Gasteiger partial charge on any atom is 0.138 e. The first kappa shape index (κ1) is 10.0. The summed E-state index contributed by atoms with van der Waals surface area (Å²) in [4.78, 5) is 6.57. The van der Waals surface area contributed by atoms with Crippen molar-refractivity contribution in [3.05, 3.63) is 41.3 Å². The SMILES string of the molecule is COc1cc(N=[N+]=[N-])cc(-n2cncn2)c1. The second-order valence-electron chi connectivity index (χ2n) is 2.92. The molecule has 1 heterocycles. The number of methoxy groups -OCH3 is 1. The maximum atomic E-state index is 8.39. The van der Waals surface area contributed by atoms with Crippen molar-refractivity contribution in [2.45, 2.75) is 0 Å². The van der Waals surface area contributed by atoms with E-state index in [-0.39, 0.29) is 0 Å². The van der Waals surface area contributed by atoms with Gasteiger partial charge in [-0.3, -0.25) is 0 Å². The van der Waals surface area contributed by atoms with Crippen LogP contribution in [-0.4, -0.2) is 21.9 Å². The molecule has 0 amide bonds. The standard InChI is InChI=1S/C9H8N6O/c1-16-9-3-7(13-14-10)2-8(4-9)15-6-11-5-12-15/h2-6H,1H3. The Bertz CT molecular complexity index is 529. The molecule has 0 radical (unpaired) electrons. The molecule has 0 saturated heterocycles. The van der Waals surface area contributed by atoms with Gasteiger partial charge in [0.1, 0.15) is 18.4 Å². The van der Waals surface area contributed by atoms with Crippen molar-refractivity contribution in [2.75, 3.05) is 7.11 Å². The van der Waals surface area contributed by atoms with E-state index in [2.05, 4.69) is 20.1 Å². The van der Waals surface area contributed by atoms with Crippen LogP contribution in [0.25, 0.3) is 16.1 Å². The van der Waals surface area contributed by atoms with E-state index in [0.29, 0.717) is 11.4 Å². The van der Waals surface area contributed by atoms with Gasteiger partial charge in [-0.05, 0) is 17.7 Å². The largest absolute Gasteiger partial charge is 0.497 e. The van der Waals surface area contributed by atoms with E-state index in [1.165, 1.54) is 6.33 Å². The van der Waals surface area contributed by atoms with Crippen LogP contribution in [0, 0.1) is 0 Å². The molecule has 0 bridgehead atoms. The summed E-state index contributed by atoms with van der Waals surface area (Å²) < 4.78 is 6.65. The van der Waals surface area contributed by atoms with Crippen molar-refractivity contribution in [3.63, 3.8) is 0 Å². The third-order valence-electron chi connectivity index (χ3n) is 1.96. The molecule has 0 spiro atoms. The predicted octanol–water partition coefficient (Wildman–Crippen LogP) is 2.22. The normalized spacial score (nSPS) is 9.56. The topological polar surface area (TPSA) is 88.7 Å². The number of ether oxygens (including phenoxy) is 1. The third-order valence-corrected chi connectivity index (χ3v) is 1.96. The van der Waals surface area contributed by atoms with Crippen molar-refractivity contribution >= 4 is 5.69 Å². The molecule has 1 aromatic carbocycles. The molecule has 0 saturated carbocycles. The molecule has 80 valence electrons. The second-order valence-corrected chi connectivity index (χ2v) is 2.92. The Balaban J connectivity index is 2.53. The van der Waals surface area contributed by atoms with Crippen LogP contribution in [-0.2, 0) is 0 Å². The van der Waals surface area contributed by atoms with Crippen LogP contribution in [0.2, 0.25) is 0 Å². The number of hydrogen-bond donors (Lipinski definition) is 0. The molecule has 0 unspecified atom stereocenters. The minimum absolute atomic E-state index is 0.465. The fourth-order valence-electron chi connectivity index (χ4n) is 1.27. The van der Waals surface area contributed by atoms with E-state index in [9.17, 15) is 0 Å². The Hall–Kier alpha value is -2.53. The zero-order valence-corrected chi connectivity index (χ0v) is 8.48. The van der Waals surface area contributed by atoms with Gasteiger partial charge >= 0.3 is 0 Å². The summed E-state index contributed by atoms with van der Waals surface area (Å²) in [5.74, 6) is 0.593. The van der Waals surface area contributed by atoms with Crippen molar-refractivity contribution in [1.82, 2.24) is 14.8 Å². The second kappa shape index (κ2) is 4.33. The molecule has 0 aliphatic rings. The minimum atomic E-state index is 0.465. The lowest BCUT2D eigenvalue weighted by atomic mass is 10.2. The van der Waals surface area contributed by atoms with Crippen LogP contribution in [0.1, 0.15) is 0 Å². The van der Waals surface area contributed by atoms with E-state index >= 15 is 0 Å². The van der Waals surface area contributed by atoms with Gasteiger partial charge in [-0.2, -0.15) is 5.10 Å². The average molecular weight is 216 g/mol. The van der Waals surface area contributed by atoms with Gasteiger partial charge < -0.3 is 4.74 Å². The molecule has 0 atom stereocenters. The highest BCUT2D eigenvalue weighted by atomic mass is 16.5. The van der Waals surface area contributed by atoms with Crippen LogP contribution in [0.15, 0.2) is 36.0 Å². The minimum Gasteiger partial charge on any atom is -0.497 e. The van der Waals surface area contributed by atoms with Gasteiger partial charge in [-0.15, -0.1) is 0 Å². The number of hydrogen-bond acceptors (Lipinski definition) is 4. The highest BCUT2D eigenvalue weighted by molar-refractivity contribution is 5.52. The van der Waals surface area contributed by atoms with Crippen LogP contribution in [0.3, 0.4) is 0 Å². The van der Waals surface area contributed by atoms with Gasteiger partial charge in [0.25, 0.3) is 0 Å². The average Bonchev–Trinajstić information content (AvgIpc) is 2.82. The highest BCUT2D eigenvalue weighted by Crippen LogP contribution is 2.24. The van der Waals surface area contributed by atoms with E-state index < -0.39 is 0 Å². The lowest BCUT2D eigenvalue weighted by Crippen LogP contribution is -1.94. The van der Waals surface area contributed by atoms with Crippen molar-refractivity contribution in [2.24, 2.45) is 5.11 Å². The number of benzene rings is 1. The Morgan fingerprint density at radius 3 is 2.94 bits per heavy atom. The summed E-state index contributed by atoms with van der Waals surface area (Å²) in [5.41, 5.74) is 9.57. The fourth-order valence-corrected chi connectivity index (χ4v) is 1.27. The van der Waals surface area contributed by atoms with Crippen LogP contribution >= 0.6 is 0 Å². The van der Waals surface area contributed by atoms with E-state index in [4.69, 9.17) is 10.3 Å². The molecule has 0 N–H and O–H groups in total. The van der Waals surface area contributed by atoms with Gasteiger partial charge in [0.05, 0.1) is 12.8 Å². The Kier molecular flexibility index (Phi) is 2.71. The summed E-state index contributed by atoms with van der Waals surface area (Å²) in [6.45, 7) is 0. The van der Waals surface area contributed by atoms with Crippen LogP contribution in [0.4, 0.5) is 5.69 Å². The quantitative estimate of drug-likeness (QED) is 0.447. The number of aromatic nitrogens is 3. The monoisotopic (exact) mass is 216 g/mol. The molecule has 7 heteroatoms. The molecular formula is C9H8N6O. The molecular weight excluding hydrogens is 208 g/mol. The molecule has 0 fully saturated rings. The summed E-state index contributed by atoms with van der Waals surface area (Å²) in [6.07, 6.45) is 2.97. The van der Waals surface area contributed by atoms with Crippen molar-refractivity contribution in [3.8, 4) is 11.4 Å². The molecule has 7 nitrogen and oxygen atoms in total. The van der Waals surface area contributed by atoms with Gasteiger partial charge in [0.15, 0.2) is 0 Å². The lowest BCUT2D eigenvalue weighted by Gasteiger charge is -2.05. The highest BCUT2D eigenvalue weighted by Gasteiger charge is 2.02. The van der Waals surface area contributed by atoms with E-state index in [0.717, 1.165) is 5.69 Å².